The van der Waals surface area contributed by atoms with E-state index in [1.54, 1.807) is 11.0 Å². The molecule has 0 spiro atoms. The van der Waals surface area contributed by atoms with Crippen LogP contribution >= 0.6 is 0 Å². The number of aromatic nitrogens is 1. The predicted octanol–water partition coefficient (Wildman–Crippen LogP) is 2.53. The topological polar surface area (TPSA) is 59.6 Å². The normalized spacial score (nSPS) is 21.8. The maximum absolute atomic E-state index is 13.5. The van der Waals surface area contributed by atoms with E-state index in [1.807, 2.05) is 25.9 Å². The van der Waals surface area contributed by atoms with Gasteiger partial charge < -0.3 is 19.9 Å². The first kappa shape index (κ1) is 17.9. The van der Waals surface area contributed by atoms with E-state index in [9.17, 15) is 14.3 Å². The standard InChI is InChI=1S/C19H26FN3O2/c1-13-15-11-14(20)5-6-16(15)21-17(13)18(24)23-9-4-7-19(25,8-10-23)12-22(2)3/h5-6,11,21,25H,4,7-10,12H2,1-3H3. The van der Waals surface area contributed by atoms with E-state index in [4.69, 9.17) is 0 Å². The Kier molecular flexibility index (Phi) is 4.84. The number of fused-ring (bicyclic) bond motifs is 1. The maximum Gasteiger partial charge on any atom is 0.270 e. The second kappa shape index (κ2) is 6.77. The lowest BCUT2D eigenvalue weighted by atomic mass is 9.94. The number of hydrogen-bond acceptors (Lipinski definition) is 3. The highest BCUT2D eigenvalue weighted by molar-refractivity contribution is 6.00. The van der Waals surface area contributed by atoms with E-state index in [-0.39, 0.29) is 11.7 Å². The van der Waals surface area contributed by atoms with E-state index in [1.165, 1.54) is 12.1 Å². The number of benzene rings is 1. The zero-order valence-electron chi connectivity index (χ0n) is 15.1. The molecule has 1 amide bonds. The highest BCUT2D eigenvalue weighted by atomic mass is 19.1. The third-order valence-electron chi connectivity index (χ3n) is 5.05. The molecule has 25 heavy (non-hydrogen) atoms. The first-order chi connectivity index (χ1) is 11.8. The van der Waals surface area contributed by atoms with Crippen LogP contribution in [0.15, 0.2) is 18.2 Å². The first-order valence-electron chi connectivity index (χ1n) is 8.73. The quantitative estimate of drug-likeness (QED) is 0.897. The van der Waals surface area contributed by atoms with Gasteiger partial charge >= 0.3 is 0 Å². The summed E-state index contributed by atoms with van der Waals surface area (Å²) in [5.74, 6) is -0.389. The summed E-state index contributed by atoms with van der Waals surface area (Å²) in [6.07, 6.45) is 2.01. The number of carbonyl (C=O) groups is 1. The summed E-state index contributed by atoms with van der Waals surface area (Å²) in [4.78, 5) is 19.9. The minimum atomic E-state index is -0.753. The third kappa shape index (κ3) is 3.70. The van der Waals surface area contributed by atoms with Crippen LogP contribution < -0.4 is 0 Å². The van der Waals surface area contributed by atoms with Crippen LogP contribution in [-0.2, 0) is 0 Å². The molecule has 6 heteroatoms. The molecule has 136 valence electrons. The molecule has 1 aromatic carbocycles. The molecule has 1 unspecified atom stereocenters. The summed E-state index contributed by atoms with van der Waals surface area (Å²) in [6, 6.07) is 4.50. The smallest absolute Gasteiger partial charge is 0.270 e. The van der Waals surface area contributed by atoms with Crippen molar-refractivity contribution in [1.82, 2.24) is 14.8 Å². The van der Waals surface area contributed by atoms with Gasteiger partial charge in [0.15, 0.2) is 0 Å². The van der Waals surface area contributed by atoms with Gasteiger partial charge in [0.1, 0.15) is 11.5 Å². The summed E-state index contributed by atoms with van der Waals surface area (Å²) in [7, 11) is 3.89. The Bertz CT molecular complexity index is 786. The van der Waals surface area contributed by atoms with E-state index in [2.05, 4.69) is 4.98 Å². The molecule has 0 bridgehead atoms. The summed E-state index contributed by atoms with van der Waals surface area (Å²) in [5, 5.41) is 11.5. The van der Waals surface area contributed by atoms with Crippen LogP contribution in [0.4, 0.5) is 4.39 Å². The average molecular weight is 347 g/mol. The highest BCUT2D eigenvalue weighted by Gasteiger charge is 2.32. The average Bonchev–Trinajstić information content (AvgIpc) is 2.73. The Labute approximate surface area is 147 Å². The molecule has 1 fully saturated rings. The number of H-pyrrole nitrogens is 1. The number of hydrogen-bond donors (Lipinski definition) is 2. The third-order valence-corrected chi connectivity index (χ3v) is 5.05. The number of carbonyl (C=O) groups excluding carboxylic acids is 1. The number of likely N-dealkylation sites (N-methyl/N-ethyl adjacent to an activating group) is 1. The zero-order chi connectivity index (χ0) is 18.2. The van der Waals surface area contributed by atoms with Gasteiger partial charge in [-0.1, -0.05) is 0 Å². The zero-order valence-corrected chi connectivity index (χ0v) is 15.1. The number of nitrogens with one attached hydrogen (secondary N) is 1. The van der Waals surface area contributed by atoms with Gasteiger partial charge in [0.05, 0.1) is 5.60 Å². The number of likely N-dealkylation sites (tertiary alicyclic amines) is 1. The van der Waals surface area contributed by atoms with Crippen molar-refractivity contribution < 1.29 is 14.3 Å². The summed E-state index contributed by atoms with van der Waals surface area (Å²) in [5.41, 5.74) is 1.30. The van der Waals surface area contributed by atoms with Crippen molar-refractivity contribution in [1.29, 1.82) is 0 Å². The van der Waals surface area contributed by atoms with Gasteiger partial charge in [0.2, 0.25) is 0 Å². The Morgan fingerprint density at radius 2 is 2.12 bits per heavy atom. The van der Waals surface area contributed by atoms with Crippen LogP contribution in [-0.4, -0.2) is 65.1 Å². The van der Waals surface area contributed by atoms with Crippen molar-refractivity contribution in [2.24, 2.45) is 0 Å². The Hall–Kier alpha value is -1.92. The number of aromatic amines is 1. The van der Waals surface area contributed by atoms with Crippen molar-refractivity contribution in [2.45, 2.75) is 31.8 Å². The Morgan fingerprint density at radius 1 is 1.36 bits per heavy atom. The molecule has 1 atom stereocenters. The Balaban J connectivity index is 1.81. The van der Waals surface area contributed by atoms with Crippen LogP contribution in [0.2, 0.25) is 0 Å². The van der Waals surface area contributed by atoms with Crippen LogP contribution in [0.5, 0.6) is 0 Å². The lowest BCUT2D eigenvalue weighted by Gasteiger charge is -2.29. The largest absolute Gasteiger partial charge is 0.388 e. The molecule has 1 aliphatic heterocycles. The number of nitrogens with zero attached hydrogens (tertiary/aromatic N) is 2. The summed E-state index contributed by atoms with van der Waals surface area (Å²) >= 11 is 0. The molecule has 1 aromatic heterocycles. The fourth-order valence-corrected chi connectivity index (χ4v) is 3.80. The molecule has 3 rings (SSSR count). The molecule has 1 aliphatic rings. The number of aryl methyl sites for hydroxylation is 1. The lowest BCUT2D eigenvalue weighted by molar-refractivity contribution is 0.00303. The van der Waals surface area contributed by atoms with Crippen LogP contribution in [0.1, 0.15) is 35.3 Å². The molecular weight excluding hydrogens is 321 g/mol. The van der Waals surface area contributed by atoms with Crippen LogP contribution in [0.3, 0.4) is 0 Å². The fourth-order valence-electron chi connectivity index (χ4n) is 3.80. The second-order valence-corrected chi connectivity index (χ2v) is 7.42. The van der Waals surface area contributed by atoms with Gasteiger partial charge in [-0.05, 0) is 64.0 Å². The maximum atomic E-state index is 13.5. The van der Waals surface area contributed by atoms with Gasteiger partial charge in [0, 0.05) is 30.5 Å². The molecular formula is C19H26FN3O2. The first-order valence-corrected chi connectivity index (χ1v) is 8.73. The second-order valence-electron chi connectivity index (χ2n) is 7.42. The lowest BCUT2D eigenvalue weighted by Crippen LogP contribution is -2.41. The molecule has 1 saturated heterocycles. The van der Waals surface area contributed by atoms with E-state index in [0.717, 1.165) is 22.9 Å². The van der Waals surface area contributed by atoms with Gasteiger partial charge in [-0.3, -0.25) is 4.79 Å². The summed E-state index contributed by atoms with van der Waals surface area (Å²) in [6.45, 7) is 3.58. The number of halogens is 1. The van der Waals surface area contributed by atoms with Crippen LogP contribution in [0, 0.1) is 12.7 Å². The van der Waals surface area contributed by atoms with E-state index >= 15 is 0 Å². The van der Waals surface area contributed by atoms with E-state index < -0.39 is 5.60 Å². The molecule has 2 aromatic rings. The summed E-state index contributed by atoms with van der Waals surface area (Å²) < 4.78 is 13.5. The molecule has 2 N–H and O–H groups in total. The van der Waals surface area contributed by atoms with Crippen molar-refractivity contribution in [3.05, 3.63) is 35.3 Å². The number of rotatable bonds is 3. The highest BCUT2D eigenvalue weighted by Crippen LogP contribution is 2.27. The van der Waals surface area contributed by atoms with E-state index in [0.29, 0.717) is 38.2 Å². The number of aliphatic hydroxyl groups is 1. The van der Waals surface area contributed by atoms with Gasteiger partial charge in [-0.15, -0.1) is 0 Å². The molecule has 0 aliphatic carbocycles. The van der Waals surface area contributed by atoms with Gasteiger partial charge in [-0.25, -0.2) is 4.39 Å². The SMILES string of the molecule is Cc1c(C(=O)N2CCCC(O)(CN(C)C)CC2)[nH]c2ccc(F)cc12. The predicted molar refractivity (Wildman–Crippen MR) is 96.3 cm³/mol. The monoisotopic (exact) mass is 347 g/mol. The van der Waals surface area contributed by atoms with Crippen LogP contribution in [0.25, 0.3) is 10.9 Å². The number of amides is 1. The molecule has 0 radical (unpaired) electrons. The van der Waals surface area contributed by atoms with Gasteiger partial charge in [-0.2, -0.15) is 0 Å². The van der Waals surface area contributed by atoms with Crippen molar-refractivity contribution in [3.8, 4) is 0 Å². The molecule has 2 heterocycles. The van der Waals surface area contributed by atoms with Crippen molar-refractivity contribution >= 4 is 16.8 Å². The minimum absolute atomic E-state index is 0.0804. The Morgan fingerprint density at radius 3 is 2.84 bits per heavy atom. The molecule has 0 saturated carbocycles. The molecule has 5 nitrogen and oxygen atoms in total. The van der Waals surface area contributed by atoms with Gasteiger partial charge in [0.25, 0.3) is 5.91 Å². The minimum Gasteiger partial charge on any atom is -0.388 e. The van der Waals surface area contributed by atoms with Crippen molar-refractivity contribution in [3.63, 3.8) is 0 Å². The van der Waals surface area contributed by atoms with Crippen molar-refractivity contribution in [2.75, 3.05) is 33.7 Å². The fraction of sp³-hybridized carbons (Fsp3) is 0.526.